The van der Waals surface area contributed by atoms with Crippen molar-refractivity contribution in [3.05, 3.63) is 0 Å². The predicted octanol–water partition coefficient (Wildman–Crippen LogP) is 1.04. The second kappa shape index (κ2) is 5.99. The summed E-state index contributed by atoms with van der Waals surface area (Å²) in [7, 11) is 0. The van der Waals surface area contributed by atoms with Gasteiger partial charge in [-0.2, -0.15) is 5.26 Å². The molecule has 2 N–H and O–H groups in total. The molecule has 0 aliphatic carbocycles. The second-order valence-electron chi connectivity index (χ2n) is 3.24. The first-order valence-corrected chi connectivity index (χ1v) is 4.43. The van der Waals surface area contributed by atoms with Gasteiger partial charge in [-0.15, -0.1) is 0 Å². The SMILES string of the molecule is CCC(C#N)NC(C)CC(C)O. The third-order valence-electron chi connectivity index (χ3n) is 1.74. The fourth-order valence-electron chi connectivity index (χ4n) is 1.17. The monoisotopic (exact) mass is 170 g/mol. The number of nitrogens with zero attached hydrogens (tertiary/aromatic N) is 1. The van der Waals surface area contributed by atoms with Gasteiger partial charge in [0.15, 0.2) is 0 Å². The van der Waals surface area contributed by atoms with Gasteiger partial charge in [0.2, 0.25) is 0 Å². The van der Waals surface area contributed by atoms with E-state index >= 15 is 0 Å². The van der Waals surface area contributed by atoms with E-state index in [1.165, 1.54) is 0 Å². The quantitative estimate of drug-likeness (QED) is 0.648. The van der Waals surface area contributed by atoms with Crippen molar-refractivity contribution in [2.75, 3.05) is 0 Å². The lowest BCUT2D eigenvalue weighted by atomic mass is 10.1. The van der Waals surface area contributed by atoms with Crippen LogP contribution in [0.25, 0.3) is 0 Å². The van der Waals surface area contributed by atoms with Crippen LogP contribution in [0, 0.1) is 11.3 Å². The van der Waals surface area contributed by atoms with Gasteiger partial charge in [0.1, 0.15) is 0 Å². The number of hydrogen-bond acceptors (Lipinski definition) is 3. The molecule has 0 rings (SSSR count). The van der Waals surface area contributed by atoms with Crippen molar-refractivity contribution >= 4 is 0 Å². The number of aliphatic hydroxyl groups excluding tert-OH is 1. The Bertz CT molecular complexity index is 151. The summed E-state index contributed by atoms with van der Waals surface area (Å²) in [6.45, 7) is 5.70. The van der Waals surface area contributed by atoms with Crippen LogP contribution in [0.3, 0.4) is 0 Å². The van der Waals surface area contributed by atoms with E-state index in [9.17, 15) is 0 Å². The summed E-state index contributed by atoms with van der Waals surface area (Å²) in [4.78, 5) is 0. The first-order valence-electron chi connectivity index (χ1n) is 4.43. The molecule has 12 heavy (non-hydrogen) atoms. The highest BCUT2D eigenvalue weighted by atomic mass is 16.3. The molecule has 0 aromatic carbocycles. The maximum atomic E-state index is 9.06. The minimum Gasteiger partial charge on any atom is -0.393 e. The smallest absolute Gasteiger partial charge is 0.0952 e. The zero-order chi connectivity index (χ0) is 9.56. The van der Waals surface area contributed by atoms with E-state index in [2.05, 4.69) is 11.4 Å². The van der Waals surface area contributed by atoms with Crippen LogP contribution in [0.15, 0.2) is 0 Å². The van der Waals surface area contributed by atoms with Gasteiger partial charge in [-0.3, -0.25) is 5.32 Å². The number of aliphatic hydroxyl groups is 1. The van der Waals surface area contributed by atoms with E-state index in [1.807, 2.05) is 13.8 Å². The van der Waals surface area contributed by atoms with Crippen molar-refractivity contribution in [1.82, 2.24) is 5.32 Å². The van der Waals surface area contributed by atoms with Crippen LogP contribution in [-0.4, -0.2) is 23.3 Å². The van der Waals surface area contributed by atoms with E-state index in [0.29, 0.717) is 6.42 Å². The third-order valence-corrected chi connectivity index (χ3v) is 1.74. The Morgan fingerprint density at radius 2 is 2.08 bits per heavy atom. The molecule has 0 aliphatic heterocycles. The minimum atomic E-state index is -0.302. The zero-order valence-electron chi connectivity index (χ0n) is 8.04. The van der Waals surface area contributed by atoms with Crippen molar-refractivity contribution in [2.24, 2.45) is 0 Å². The average Bonchev–Trinajstić information content (AvgIpc) is 1.98. The van der Waals surface area contributed by atoms with Crippen LogP contribution in [0.2, 0.25) is 0 Å². The Kier molecular flexibility index (Phi) is 5.69. The van der Waals surface area contributed by atoms with Crippen LogP contribution in [0.1, 0.15) is 33.6 Å². The largest absolute Gasteiger partial charge is 0.393 e. The standard InChI is InChI=1S/C9H18N2O/c1-4-9(6-10)11-7(2)5-8(3)12/h7-9,11-12H,4-5H2,1-3H3. The van der Waals surface area contributed by atoms with E-state index < -0.39 is 0 Å². The molecule has 70 valence electrons. The van der Waals surface area contributed by atoms with Crippen LogP contribution in [-0.2, 0) is 0 Å². The highest BCUT2D eigenvalue weighted by Gasteiger charge is 2.10. The molecule has 0 aliphatic rings. The molecule has 0 heterocycles. The first-order chi connectivity index (χ1) is 5.60. The Labute approximate surface area is 74.4 Å². The van der Waals surface area contributed by atoms with Gasteiger partial charge < -0.3 is 5.11 Å². The predicted molar refractivity (Wildman–Crippen MR) is 48.6 cm³/mol. The van der Waals surface area contributed by atoms with Crippen LogP contribution >= 0.6 is 0 Å². The summed E-state index contributed by atoms with van der Waals surface area (Å²) in [5, 5.41) is 20.8. The van der Waals surface area contributed by atoms with Gasteiger partial charge in [0.05, 0.1) is 18.2 Å². The molecule has 0 bridgehead atoms. The summed E-state index contributed by atoms with van der Waals surface area (Å²) in [5.41, 5.74) is 0. The summed E-state index contributed by atoms with van der Waals surface area (Å²) >= 11 is 0. The fraction of sp³-hybridized carbons (Fsp3) is 0.889. The molecule has 0 aromatic heterocycles. The summed E-state index contributed by atoms with van der Waals surface area (Å²) in [5.74, 6) is 0. The molecule has 0 fully saturated rings. The molecular weight excluding hydrogens is 152 g/mol. The third kappa shape index (κ3) is 5.11. The van der Waals surface area contributed by atoms with Crippen molar-refractivity contribution in [1.29, 1.82) is 5.26 Å². The van der Waals surface area contributed by atoms with Crippen molar-refractivity contribution < 1.29 is 5.11 Å². The Balaban J connectivity index is 3.68. The molecule has 0 aromatic rings. The van der Waals surface area contributed by atoms with Crippen LogP contribution in [0.5, 0.6) is 0 Å². The van der Waals surface area contributed by atoms with Crippen molar-refractivity contribution in [3.63, 3.8) is 0 Å². The Hall–Kier alpha value is -0.590. The van der Waals surface area contributed by atoms with Crippen molar-refractivity contribution in [2.45, 2.75) is 51.8 Å². The highest BCUT2D eigenvalue weighted by molar-refractivity contribution is 4.90. The van der Waals surface area contributed by atoms with E-state index in [1.54, 1.807) is 6.92 Å². The van der Waals surface area contributed by atoms with E-state index in [0.717, 1.165) is 6.42 Å². The molecule has 0 saturated heterocycles. The molecule has 3 atom stereocenters. The summed E-state index contributed by atoms with van der Waals surface area (Å²) in [6, 6.07) is 2.28. The van der Waals surface area contributed by atoms with E-state index in [4.69, 9.17) is 10.4 Å². The second-order valence-corrected chi connectivity index (χ2v) is 3.24. The number of nitrogens with one attached hydrogen (secondary N) is 1. The van der Waals surface area contributed by atoms with Gasteiger partial charge in [0, 0.05) is 6.04 Å². The minimum absolute atomic E-state index is 0.0845. The Morgan fingerprint density at radius 1 is 1.50 bits per heavy atom. The topological polar surface area (TPSA) is 56.0 Å². The number of hydrogen-bond donors (Lipinski definition) is 2. The molecule has 0 spiro atoms. The average molecular weight is 170 g/mol. The zero-order valence-corrected chi connectivity index (χ0v) is 8.04. The molecule has 3 unspecified atom stereocenters. The normalized spacial score (nSPS) is 17.9. The van der Waals surface area contributed by atoms with Gasteiger partial charge in [-0.05, 0) is 26.7 Å². The maximum absolute atomic E-state index is 9.06. The number of nitriles is 1. The molecule has 0 saturated carbocycles. The number of rotatable bonds is 5. The lowest BCUT2D eigenvalue weighted by molar-refractivity contribution is 0.169. The van der Waals surface area contributed by atoms with Gasteiger partial charge in [0.25, 0.3) is 0 Å². The van der Waals surface area contributed by atoms with Gasteiger partial charge >= 0.3 is 0 Å². The lowest BCUT2D eigenvalue weighted by Crippen LogP contribution is -2.36. The first kappa shape index (κ1) is 11.4. The molecule has 0 amide bonds. The summed E-state index contributed by atoms with van der Waals surface area (Å²) in [6.07, 6.45) is 1.20. The lowest BCUT2D eigenvalue weighted by Gasteiger charge is -2.17. The molecule has 0 radical (unpaired) electrons. The van der Waals surface area contributed by atoms with Crippen LogP contribution in [0.4, 0.5) is 0 Å². The fourth-order valence-corrected chi connectivity index (χ4v) is 1.17. The molecular formula is C9H18N2O. The van der Waals surface area contributed by atoms with Gasteiger partial charge in [-0.25, -0.2) is 0 Å². The summed E-state index contributed by atoms with van der Waals surface area (Å²) < 4.78 is 0. The van der Waals surface area contributed by atoms with E-state index in [-0.39, 0.29) is 18.2 Å². The molecule has 3 nitrogen and oxygen atoms in total. The maximum Gasteiger partial charge on any atom is 0.0952 e. The van der Waals surface area contributed by atoms with Gasteiger partial charge in [-0.1, -0.05) is 6.92 Å². The van der Waals surface area contributed by atoms with Crippen molar-refractivity contribution in [3.8, 4) is 6.07 Å². The Morgan fingerprint density at radius 3 is 2.42 bits per heavy atom. The molecule has 3 heteroatoms. The highest BCUT2D eigenvalue weighted by Crippen LogP contribution is 1.99. The van der Waals surface area contributed by atoms with Crippen LogP contribution < -0.4 is 5.32 Å².